The topological polar surface area (TPSA) is 166 Å². The van der Waals surface area contributed by atoms with Gasteiger partial charge in [-0.3, -0.25) is 19.2 Å². The van der Waals surface area contributed by atoms with Crippen LogP contribution in [-0.4, -0.2) is 50.1 Å². The van der Waals surface area contributed by atoms with Crippen LogP contribution < -0.4 is 0 Å². The largest absolute Gasteiger partial charge is 0.481 e. The van der Waals surface area contributed by atoms with Gasteiger partial charge in [0.25, 0.3) is 0 Å². The van der Waals surface area contributed by atoms with Gasteiger partial charge in [-0.1, -0.05) is 30.4 Å². The summed E-state index contributed by atoms with van der Waals surface area (Å²) in [6, 6.07) is 4.55. The lowest BCUT2D eigenvalue weighted by Crippen LogP contribution is -2.52. The van der Waals surface area contributed by atoms with Crippen molar-refractivity contribution in [1.29, 1.82) is 0 Å². The fourth-order valence-corrected chi connectivity index (χ4v) is 2.77. The van der Waals surface area contributed by atoms with E-state index in [1.807, 2.05) is 0 Å². The first kappa shape index (κ1) is 18.6. The minimum atomic E-state index is -3.04. The second-order valence-electron chi connectivity index (χ2n) is 5.41. The van der Waals surface area contributed by atoms with Crippen LogP contribution in [0.15, 0.2) is 48.1 Å². The van der Waals surface area contributed by atoms with E-state index in [0.717, 1.165) is 24.3 Å². The highest BCUT2D eigenvalue weighted by Gasteiger charge is 2.60. The second-order valence-corrected chi connectivity index (χ2v) is 5.41. The number of carboxylic acid groups (broad SMARTS) is 4. The van der Waals surface area contributed by atoms with Gasteiger partial charge in [0.05, 0.1) is 5.56 Å². The molecule has 1 aromatic rings. The molecule has 0 aromatic heterocycles. The van der Waals surface area contributed by atoms with Crippen LogP contribution in [0, 0.1) is 11.3 Å². The van der Waals surface area contributed by atoms with E-state index in [9.17, 15) is 39.3 Å². The number of carboxylic acids is 4. The van der Waals surface area contributed by atoms with Gasteiger partial charge in [0, 0.05) is 11.1 Å². The van der Waals surface area contributed by atoms with Crippen LogP contribution in [0.1, 0.15) is 20.7 Å². The zero-order chi connectivity index (χ0) is 19.6. The maximum absolute atomic E-state index is 12.8. The van der Waals surface area contributed by atoms with Crippen molar-refractivity contribution in [1.82, 2.24) is 0 Å². The summed E-state index contributed by atoms with van der Waals surface area (Å²) in [5.74, 6) is -10.2. The predicted molar refractivity (Wildman–Crippen MR) is 83.8 cm³/mol. The summed E-state index contributed by atoms with van der Waals surface area (Å²) in [6.45, 7) is 0. The number of ketones is 1. The number of carbonyl (C=O) groups excluding carboxylic acids is 1. The van der Waals surface area contributed by atoms with Crippen molar-refractivity contribution in [3.8, 4) is 0 Å². The smallest absolute Gasteiger partial charge is 0.335 e. The second kappa shape index (κ2) is 6.63. The van der Waals surface area contributed by atoms with Crippen LogP contribution in [0.5, 0.6) is 0 Å². The number of Topliss-reactive ketones (excluding diaryl/α,β-unsaturated/α-hetero) is 1. The Morgan fingerprint density at radius 2 is 1.46 bits per heavy atom. The fourth-order valence-electron chi connectivity index (χ4n) is 2.77. The summed E-state index contributed by atoms with van der Waals surface area (Å²) in [5.41, 5.74) is -4.37. The first-order valence-corrected chi connectivity index (χ1v) is 7.10. The third-order valence-corrected chi connectivity index (χ3v) is 4.01. The zero-order valence-electron chi connectivity index (χ0n) is 12.9. The van der Waals surface area contributed by atoms with E-state index in [1.54, 1.807) is 0 Å². The molecule has 0 heterocycles. The Hall–Kier alpha value is -3.75. The van der Waals surface area contributed by atoms with E-state index in [4.69, 9.17) is 5.11 Å². The van der Waals surface area contributed by atoms with Crippen LogP contribution in [-0.2, 0) is 14.4 Å². The fraction of sp³-hybridized carbons (Fsp3) is 0.118. The highest BCUT2D eigenvalue weighted by molar-refractivity contribution is 6.21. The first-order chi connectivity index (χ1) is 12.1. The van der Waals surface area contributed by atoms with Gasteiger partial charge in [-0.2, -0.15) is 0 Å². The lowest BCUT2D eigenvalue weighted by atomic mass is 9.65. The molecule has 0 aliphatic heterocycles. The molecule has 9 nitrogen and oxygen atoms in total. The third kappa shape index (κ3) is 2.75. The number of aromatic carboxylic acids is 1. The van der Waals surface area contributed by atoms with Gasteiger partial charge < -0.3 is 20.4 Å². The van der Waals surface area contributed by atoms with Gasteiger partial charge >= 0.3 is 23.9 Å². The molecule has 0 spiro atoms. The number of rotatable bonds is 6. The average Bonchev–Trinajstić information content (AvgIpc) is 2.59. The molecule has 1 aromatic carbocycles. The monoisotopic (exact) mass is 360 g/mol. The Morgan fingerprint density at radius 1 is 0.885 bits per heavy atom. The van der Waals surface area contributed by atoms with E-state index in [0.29, 0.717) is 0 Å². The van der Waals surface area contributed by atoms with E-state index in [1.165, 1.54) is 18.2 Å². The van der Waals surface area contributed by atoms with E-state index in [2.05, 4.69) is 0 Å². The molecule has 2 rings (SSSR count). The molecule has 1 aliphatic rings. The minimum absolute atomic E-state index is 0.270. The minimum Gasteiger partial charge on any atom is -0.481 e. The Bertz CT molecular complexity index is 877. The van der Waals surface area contributed by atoms with Crippen molar-refractivity contribution in [2.45, 2.75) is 0 Å². The van der Waals surface area contributed by atoms with Crippen LogP contribution >= 0.6 is 0 Å². The van der Waals surface area contributed by atoms with Crippen molar-refractivity contribution < 1.29 is 44.4 Å². The molecule has 1 atom stereocenters. The maximum Gasteiger partial charge on any atom is 0.335 e. The Morgan fingerprint density at radius 3 is 1.96 bits per heavy atom. The van der Waals surface area contributed by atoms with E-state index in [-0.39, 0.29) is 11.1 Å². The first-order valence-electron chi connectivity index (χ1n) is 7.10. The number of benzene rings is 1. The number of hydrogen-bond donors (Lipinski definition) is 4. The highest BCUT2D eigenvalue weighted by Crippen LogP contribution is 2.42. The summed E-state index contributed by atoms with van der Waals surface area (Å²) in [7, 11) is 0. The Labute approximate surface area is 145 Å². The van der Waals surface area contributed by atoms with Crippen LogP contribution in [0.3, 0.4) is 0 Å². The standard InChI is InChI=1S/C17H12O9/c18-12(8-3-1-4-9(7-8)13(19)20)10-5-2-6-11(14(21)22)17(10,15(23)24)16(25)26/h1-7,11H,(H,19,20)(H,21,22)(H,23,24)(H,25,26). The molecule has 1 unspecified atom stereocenters. The van der Waals surface area contributed by atoms with Crippen molar-refractivity contribution in [2.75, 3.05) is 0 Å². The summed E-state index contributed by atoms with van der Waals surface area (Å²) < 4.78 is 0. The number of allylic oxidation sites excluding steroid dienone is 2. The molecule has 0 bridgehead atoms. The van der Waals surface area contributed by atoms with Gasteiger partial charge in [0.15, 0.2) is 5.78 Å². The van der Waals surface area contributed by atoms with Gasteiger partial charge in [-0.25, -0.2) is 4.79 Å². The molecule has 0 fully saturated rings. The summed E-state index contributed by atoms with van der Waals surface area (Å²) in [6.07, 6.45) is 2.86. The molecule has 4 N–H and O–H groups in total. The quantitative estimate of drug-likeness (QED) is 0.426. The average molecular weight is 360 g/mol. The molecular weight excluding hydrogens is 348 g/mol. The number of carbonyl (C=O) groups is 5. The van der Waals surface area contributed by atoms with Crippen molar-refractivity contribution in [3.05, 3.63) is 59.2 Å². The summed E-state index contributed by atoms with van der Waals surface area (Å²) >= 11 is 0. The number of aliphatic carboxylic acids is 3. The van der Waals surface area contributed by atoms with Gasteiger partial charge in [-0.15, -0.1) is 0 Å². The molecular formula is C17H12O9. The van der Waals surface area contributed by atoms with Gasteiger partial charge in [-0.05, 0) is 12.1 Å². The predicted octanol–water partition coefficient (Wildman–Crippen LogP) is 0.920. The molecule has 26 heavy (non-hydrogen) atoms. The molecule has 1 aliphatic carbocycles. The lowest BCUT2D eigenvalue weighted by Gasteiger charge is -2.32. The van der Waals surface area contributed by atoms with E-state index < -0.39 is 46.6 Å². The lowest BCUT2D eigenvalue weighted by molar-refractivity contribution is -0.170. The van der Waals surface area contributed by atoms with Gasteiger partial charge in [0.1, 0.15) is 5.92 Å². The van der Waals surface area contributed by atoms with Gasteiger partial charge in [0.2, 0.25) is 5.41 Å². The maximum atomic E-state index is 12.8. The zero-order valence-corrected chi connectivity index (χ0v) is 12.9. The van der Waals surface area contributed by atoms with Crippen LogP contribution in [0.25, 0.3) is 0 Å². The van der Waals surface area contributed by atoms with Crippen LogP contribution in [0.2, 0.25) is 0 Å². The summed E-state index contributed by atoms with van der Waals surface area (Å²) in [4.78, 5) is 58.8. The third-order valence-electron chi connectivity index (χ3n) is 4.01. The van der Waals surface area contributed by atoms with Crippen molar-refractivity contribution in [2.24, 2.45) is 11.3 Å². The van der Waals surface area contributed by atoms with Crippen molar-refractivity contribution in [3.63, 3.8) is 0 Å². The highest BCUT2D eigenvalue weighted by atomic mass is 16.4. The SMILES string of the molecule is O=C(O)c1cccc(C(=O)C2=CC=CC(C(=O)O)C2(C(=O)O)C(=O)O)c1. The molecule has 0 radical (unpaired) electrons. The number of hydrogen-bond acceptors (Lipinski definition) is 5. The molecule has 134 valence electrons. The molecule has 0 saturated heterocycles. The molecule has 9 heteroatoms. The Balaban J connectivity index is 2.68. The van der Waals surface area contributed by atoms with E-state index >= 15 is 0 Å². The van der Waals surface area contributed by atoms with Crippen molar-refractivity contribution >= 4 is 29.7 Å². The normalized spacial score (nSPS) is 17.8. The summed E-state index contributed by atoms with van der Waals surface area (Å²) in [5, 5.41) is 37.3. The van der Waals surface area contributed by atoms with Crippen LogP contribution in [0.4, 0.5) is 0 Å². The molecule has 0 saturated carbocycles. The molecule has 0 amide bonds. The Kier molecular flexibility index (Phi) is 4.74.